The Bertz CT molecular complexity index is 191. The quantitative estimate of drug-likeness (QED) is 0.471. The summed E-state index contributed by atoms with van der Waals surface area (Å²) in [6, 6.07) is 0.130. The second-order valence-corrected chi connectivity index (χ2v) is 3.32. The molecule has 0 aromatic carbocycles. The second kappa shape index (κ2) is 4.67. The van der Waals surface area contributed by atoms with Gasteiger partial charge in [-0.25, -0.2) is 4.99 Å². The van der Waals surface area contributed by atoms with Crippen LogP contribution in [0, 0.1) is 0 Å². The topological polar surface area (TPSA) is 24.8 Å². The van der Waals surface area contributed by atoms with E-state index in [1.54, 1.807) is 0 Å². The van der Waals surface area contributed by atoms with E-state index in [0.29, 0.717) is 0 Å². The number of nitrogens with zero attached hydrogens (tertiary/aromatic N) is 2. The van der Waals surface area contributed by atoms with Crippen LogP contribution in [0.15, 0.2) is 4.99 Å². The van der Waals surface area contributed by atoms with Crippen molar-refractivity contribution in [2.24, 2.45) is 4.99 Å². The van der Waals surface area contributed by atoms with Crippen LogP contribution >= 0.6 is 12.2 Å². The molecule has 1 aliphatic rings. The van der Waals surface area contributed by atoms with E-state index in [1.165, 1.54) is 0 Å². The number of rotatable bonds is 2. The van der Waals surface area contributed by atoms with E-state index < -0.39 is 0 Å². The lowest BCUT2D eigenvalue weighted by Gasteiger charge is -2.31. The van der Waals surface area contributed by atoms with Crippen molar-refractivity contribution in [2.75, 3.05) is 26.7 Å². The number of morpholine rings is 1. The average Bonchev–Trinajstić information content (AvgIpc) is 2.05. The van der Waals surface area contributed by atoms with E-state index in [2.05, 4.69) is 34.3 Å². The number of thiocarbonyl (C=S) groups is 1. The molecule has 0 radical (unpaired) electrons. The van der Waals surface area contributed by atoms with Gasteiger partial charge in [0, 0.05) is 13.1 Å². The average molecular weight is 186 g/mol. The SMILES string of the molecule is C[C@H](N=C=S)[C@H]1CN(C)CCO1. The molecule has 1 aliphatic heterocycles. The largest absolute Gasteiger partial charge is 0.373 e. The molecule has 1 saturated heterocycles. The van der Waals surface area contributed by atoms with Crippen LogP contribution in [0.4, 0.5) is 0 Å². The normalized spacial score (nSPS) is 27.7. The highest BCUT2D eigenvalue weighted by Gasteiger charge is 2.22. The van der Waals surface area contributed by atoms with Gasteiger partial charge in [0.25, 0.3) is 0 Å². The van der Waals surface area contributed by atoms with Crippen LogP contribution in [0.3, 0.4) is 0 Å². The van der Waals surface area contributed by atoms with Gasteiger partial charge in [0.05, 0.1) is 23.9 Å². The van der Waals surface area contributed by atoms with E-state index >= 15 is 0 Å². The van der Waals surface area contributed by atoms with Gasteiger partial charge in [0.2, 0.25) is 0 Å². The van der Waals surface area contributed by atoms with Crippen LogP contribution in [0.1, 0.15) is 6.92 Å². The van der Waals surface area contributed by atoms with Crippen molar-refractivity contribution in [3.05, 3.63) is 0 Å². The first-order chi connectivity index (χ1) is 5.74. The van der Waals surface area contributed by atoms with E-state index in [-0.39, 0.29) is 12.1 Å². The van der Waals surface area contributed by atoms with Crippen molar-refractivity contribution in [3.8, 4) is 0 Å². The molecule has 0 unspecified atom stereocenters. The van der Waals surface area contributed by atoms with E-state index in [0.717, 1.165) is 19.7 Å². The summed E-state index contributed by atoms with van der Waals surface area (Å²) in [7, 11) is 2.09. The van der Waals surface area contributed by atoms with Gasteiger partial charge in [-0.15, -0.1) is 0 Å². The molecule has 0 aliphatic carbocycles. The second-order valence-electron chi connectivity index (χ2n) is 3.13. The molecule has 0 saturated carbocycles. The monoisotopic (exact) mass is 186 g/mol. The summed E-state index contributed by atoms with van der Waals surface area (Å²) in [6.07, 6.45) is 0.180. The van der Waals surface area contributed by atoms with Gasteiger partial charge in [0.1, 0.15) is 0 Å². The maximum atomic E-state index is 5.54. The van der Waals surface area contributed by atoms with Gasteiger partial charge < -0.3 is 9.64 Å². The standard InChI is InChI=1S/C8H14N2OS/c1-7(9-6-12)8-5-10(2)3-4-11-8/h7-8H,3-5H2,1-2H3/t7-,8+/m0/s1. The molecule has 0 aromatic heterocycles. The lowest BCUT2D eigenvalue weighted by atomic mass is 10.1. The minimum absolute atomic E-state index is 0.130. The summed E-state index contributed by atoms with van der Waals surface area (Å²) < 4.78 is 5.54. The van der Waals surface area contributed by atoms with Crippen molar-refractivity contribution >= 4 is 17.4 Å². The zero-order valence-electron chi connectivity index (χ0n) is 7.49. The van der Waals surface area contributed by atoms with Crippen LogP contribution in [0.2, 0.25) is 0 Å². The third kappa shape index (κ3) is 2.64. The van der Waals surface area contributed by atoms with E-state index in [1.807, 2.05) is 6.92 Å². The molecule has 12 heavy (non-hydrogen) atoms. The first-order valence-electron chi connectivity index (χ1n) is 4.11. The Balaban J connectivity index is 2.44. The number of ether oxygens (including phenoxy) is 1. The van der Waals surface area contributed by atoms with Crippen molar-refractivity contribution in [3.63, 3.8) is 0 Å². The fourth-order valence-electron chi connectivity index (χ4n) is 1.27. The molecule has 1 heterocycles. The van der Waals surface area contributed by atoms with Gasteiger partial charge in [-0.1, -0.05) is 0 Å². The smallest absolute Gasteiger partial charge is 0.0930 e. The fourth-order valence-corrected chi connectivity index (χ4v) is 1.44. The van der Waals surface area contributed by atoms with Crippen molar-refractivity contribution in [2.45, 2.75) is 19.1 Å². The number of hydrogen-bond acceptors (Lipinski definition) is 4. The molecule has 4 heteroatoms. The summed E-state index contributed by atoms with van der Waals surface area (Å²) >= 11 is 4.54. The lowest BCUT2D eigenvalue weighted by Crippen LogP contribution is -2.44. The molecule has 0 N–H and O–H groups in total. The fraction of sp³-hybridized carbons (Fsp3) is 0.875. The molecule has 3 nitrogen and oxygen atoms in total. The maximum Gasteiger partial charge on any atom is 0.0930 e. The molecule has 0 aromatic rings. The minimum atomic E-state index is 0.130. The lowest BCUT2D eigenvalue weighted by molar-refractivity contribution is -0.0285. The van der Waals surface area contributed by atoms with Crippen LogP contribution in [-0.2, 0) is 4.74 Å². The van der Waals surface area contributed by atoms with Gasteiger partial charge in [0.15, 0.2) is 0 Å². The first kappa shape index (κ1) is 9.81. The molecule has 0 bridgehead atoms. The highest BCUT2D eigenvalue weighted by Crippen LogP contribution is 2.09. The molecular weight excluding hydrogens is 172 g/mol. The van der Waals surface area contributed by atoms with E-state index in [9.17, 15) is 0 Å². The van der Waals surface area contributed by atoms with E-state index in [4.69, 9.17) is 4.74 Å². The zero-order chi connectivity index (χ0) is 8.97. The van der Waals surface area contributed by atoms with Crippen molar-refractivity contribution in [1.29, 1.82) is 0 Å². The molecule has 1 fully saturated rings. The number of hydrogen-bond donors (Lipinski definition) is 0. The zero-order valence-corrected chi connectivity index (χ0v) is 8.30. The number of likely N-dealkylation sites (N-methyl/N-ethyl adjacent to an activating group) is 1. The summed E-state index contributed by atoms with van der Waals surface area (Å²) in [5.74, 6) is 0. The Labute approximate surface area is 78.4 Å². The first-order valence-corrected chi connectivity index (χ1v) is 4.52. The van der Waals surface area contributed by atoms with Gasteiger partial charge in [-0.05, 0) is 26.2 Å². The Morgan fingerprint density at radius 2 is 2.50 bits per heavy atom. The third-order valence-corrected chi connectivity index (χ3v) is 2.20. The van der Waals surface area contributed by atoms with Crippen molar-refractivity contribution < 1.29 is 4.74 Å². The van der Waals surface area contributed by atoms with Gasteiger partial charge in [-0.3, -0.25) is 0 Å². The summed E-state index contributed by atoms with van der Waals surface area (Å²) in [4.78, 5) is 6.24. The number of aliphatic imine (C=N–C) groups is 1. The highest BCUT2D eigenvalue weighted by molar-refractivity contribution is 7.78. The summed E-state index contributed by atoms with van der Waals surface area (Å²) in [5.41, 5.74) is 0. The predicted molar refractivity (Wildman–Crippen MR) is 51.7 cm³/mol. The molecular formula is C8H14N2OS. The van der Waals surface area contributed by atoms with Crippen LogP contribution in [0.25, 0.3) is 0 Å². The molecule has 0 spiro atoms. The van der Waals surface area contributed by atoms with Crippen molar-refractivity contribution in [1.82, 2.24) is 4.90 Å². The Morgan fingerprint density at radius 3 is 3.08 bits per heavy atom. The summed E-state index contributed by atoms with van der Waals surface area (Å²) in [6.45, 7) is 4.73. The van der Waals surface area contributed by atoms with Crippen LogP contribution in [-0.4, -0.2) is 49.0 Å². The maximum absolute atomic E-state index is 5.54. The Kier molecular flexibility index (Phi) is 3.82. The minimum Gasteiger partial charge on any atom is -0.373 e. The van der Waals surface area contributed by atoms with Crippen LogP contribution in [0.5, 0.6) is 0 Å². The third-order valence-electron chi connectivity index (χ3n) is 2.09. The number of isothiocyanates is 1. The molecule has 1 rings (SSSR count). The molecule has 2 atom stereocenters. The van der Waals surface area contributed by atoms with Crippen LogP contribution < -0.4 is 0 Å². The Morgan fingerprint density at radius 1 is 1.75 bits per heavy atom. The predicted octanol–water partition coefficient (Wildman–Crippen LogP) is 0.808. The highest BCUT2D eigenvalue weighted by atomic mass is 32.1. The van der Waals surface area contributed by atoms with Gasteiger partial charge in [-0.2, -0.15) is 0 Å². The molecule has 68 valence electrons. The summed E-state index contributed by atoms with van der Waals surface area (Å²) in [5, 5.41) is 2.39. The Hall–Kier alpha value is -0.280. The molecule has 0 amide bonds. The van der Waals surface area contributed by atoms with Gasteiger partial charge >= 0.3 is 0 Å².